The molecule has 0 radical (unpaired) electrons. The highest BCUT2D eigenvalue weighted by Gasteiger charge is 2.17. The van der Waals surface area contributed by atoms with Crippen LogP contribution in [0.3, 0.4) is 0 Å². The quantitative estimate of drug-likeness (QED) is 0.407. The minimum Gasteiger partial charge on any atom is -0.495 e. The third kappa shape index (κ3) is 7.52. The molecule has 0 aliphatic carbocycles. The zero-order chi connectivity index (χ0) is 19.4. The van der Waals surface area contributed by atoms with E-state index in [-0.39, 0.29) is 16.6 Å². The van der Waals surface area contributed by atoms with E-state index in [2.05, 4.69) is 10.0 Å². The molecule has 146 valence electrons. The Bertz CT molecular complexity index is 703. The molecule has 0 aromatic heterocycles. The summed E-state index contributed by atoms with van der Waals surface area (Å²) in [6.07, 6.45) is 3.58. The number of ether oxygens (including phenoxy) is 3. The molecule has 1 aromatic carbocycles. The van der Waals surface area contributed by atoms with Crippen LogP contribution in [-0.2, 0) is 24.3 Å². The fraction of sp³-hybridized carbons (Fsp3) is 0.471. The van der Waals surface area contributed by atoms with Crippen LogP contribution in [0.25, 0.3) is 6.08 Å². The molecular formula is C17H26N2O6S. The predicted molar refractivity (Wildman–Crippen MR) is 98.6 cm³/mol. The van der Waals surface area contributed by atoms with Gasteiger partial charge in [-0.2, -0.15) is 0 Å². The van der Waals surface area contributed by atoms with E-state index in [0.29, 0.717) is 38.3 Å². The van der Waals surface area contributed by atoms with Gasteiger partial charge in [-0.1, -0.05) is 6.07 Å². The van der Waals surface area contributed by atoms with Gasteiger partial charge in [-0.15, -0.1) is 0 Å². The molecule has 1 aromatic rings. The average Bonchev–Trinajstić information content (AvgIpc) is 2.65. The Balaban J connectivity index is 2.57. The fourth-order valence-electron chi connectivity index (χ4n) is 1.98. The maximum absolute atomic E-state index is 12.0. The van der Waals surface area contributed by atoms with Gasteiger partial charge >= 0.3 is 0 Å². The number of amides is 1. The monoisotopic (exact) mass is 386 g/mol. The summed E-state index contributed by atoms with van der Waals surface area (Å²) in [5.74, 6) is -0.0369. The molecule has 0 unspecified atom stereocenters. The van der Waals surface area contributed by atoms with Crippen LogP contribution in [0.15, 0.2) is 29.2 Å². The number of benzene rings is 1. The highest BCUT2D eigenvalue weighted by atomic mass is 32.2. The van der Waals surface area contributed by atoms with E-state index >= 15 is 0 Å². The minimum absolute atomic E-state index is 0.0123. The number of methoxy groups -OCH3 is 2. The fourth-order valence-corrected chi connectivity index (χ4v) is 2.91. The Hall–Kier alpha value is -1.94. The van der Waals surface area contributed by atoms with Crippen LogP contribution >= 0.6 is 0 Å². The number of rotatable bonds is 12. The van der Waals surface area contributed by atoms with E-state index in [4.69, 9.17) is 14.2 Å². The first-order valence-electron chi connectivity index (χ1n) is 8.08. The second-order valence-electron chi connectivity index (χ2n) is 5.20. The second kappa shape index (κ2) is 11.6. The van der Waals surface area contributed by atoms with Crippen LogP contribution < -0.4 is 14.8 Å². The number of hydrogen-bond donors (Lipinski definition) is 2. The topological polar surface area (TPSA) is 103 Å². The Morgan fingerprint density at radius 2 is 1.96 bits per heavy atom. The molecule has 2 N–H and O–H groups in total. The summed E-state index contributed by atoms with van der Waals surface area (Å²) in [5.41, 5.74) is 0.567. The molecule has 1 amide bonds. The van der Waals surface area contributed by atoms with E-state index in [0.717, 1.165) is 0 Å². The first-order chi connectivity index (χ1) is 12.4. The molecule has 0 heterocycles. The van der Waals surface area contributed by atoms with Crippen molar-refractivity contribution in [2.75, 3.05) is 47.6 Å². The SMILES string of the molecule is CNS(=O)(=O)c1cc(/C=C/C(=O)NCCCOCCOC)ccc1OC. The van der Waals surface area contributed by atoms with Crippen LogP contribution in [0.1, 0.15) is 12.0 Å². The van der Waals surface area contributed by atoms with Gasteiger partial charge in [0.1, 0.15) is 10.6 Å². The maximum atomic E-state index is 12.0. The van der Waals surface area contributed by atoms with E-state index in [9.17, 15) is 13.2 Å². The largest absolute Gasteiger partial charge is 0.495 e. The lowest BCUT2D eigenvalue weighted by Crippen LogP contribution is -2.23. The molecule has 0 bridgehead atoms. The Kier molecular flexibility index (Phi) is 9.89. The van der Waals surface area contributed by atoms with Crippen molar-refractivity contribution in [1.29, 1.82) is 0 Å². The summed E-state index contributed by atoms with van der Waals surface area (Å²) >= 11 is 0. The molecule has 0 saturated carbocycles. The van der Waals surface area contributed by atoms with E-state index in [1.165, 1.54) is 26.3 Å². The van der Waals surface area contributed by atoms with Gasteiger partial charge in [0.2, 0.25) is 15.9 Å². The van der Waals surface area contributed by atoms with Gasteiger partial charge in [-0.3, -0.25) is 4.79 Å². The minimum atomic E-state index is -3.66. The number of nitrogens with one attached hydrogen (secondary N) is 2. The van der Waals surface area contributed by atoms with Crippen molar-refractivity contribution in [1.82, 2.24) is 10.0 Å². The smallest absolute Gasteiger partial charge is 0.244 e. The van der Waals surface area contributed by atoms with Crippen molar-refractivity contribution in [3.63, 3.8) is 0 Å². The first kappa shape index (κ1) is 22.1. The summed E-state index contributed by atoms with van der Waals surface area (Å²) in [7, 11) is 0.663. The van der Waals surface area contributed by atoms with Crippen LogP contribution in [0.5, 0.6) is 5.75 Å². The summed E-state index contributed by atoms with van der Waals surface area (Å²) in [6.45, 7) is 2.09. The molecule has 9 heteroatoms. The van der Waals surface area contributed by atoms with Crippen LogP contribution in [0.2, 0.25) is 0 Å². The van der Waals surface area contributed by atoms with Gasteiger partial charge in [0.05, 0.1) is 20.3 Å². The highest BCUT2D eigenvalue weighted by molar-refractivity contribution is 7.89. The molecule has 0 spiro atoms. The zero-order valence-electron chi connectivity index (χ0n) is 15.3. The Morgan fingerprint density at radius 3 is 2.62 bits per heavy atom. The molecular weight excluding hydrogens is 360 g/mol. The van der Waals surface area contributed by atoms with Crippen LogP contribution in [-0.4, -0.2) is 62.0 Å². The van der Waals surface area contributed by atoms with Crippen LogP contribution in [0.4, 0.5) is 0 Å². The molecule has 0 aliphatic heterocycles. The lowest BCUT2D eigenvalue weighted by atomic mass is 10.2. The third-order valence-corrected chi connectivity index (χ3v) is 4.81. The summed E-state index contributed by atoms with van der Waals surface area (Å²) in [6, 6.07) is 4.65. The van der Waals surface area contributed by atoms with Crippen LogP contribution in [0, 0.1) is 0 Å². The molecule has 1 rings (SSSR count). The van der Waals surface area contributed by atoms with E-state index < -0.39 is 10.0 Å². The molecule has 8 nitrogen and oxygen atoms in total. The number of carbonyl (C=O) groups excluding carboxylic acids is 1. The van der Waals surface area contributed by atoms with Gasteiger partial charge in [0, 0.05) is 26.3 Å². The summed E-state index contributed by atoms with van der Waals surface area (Å²) in [5, 5.41) is 2.73. The van der Waals surface area contributed by atoms with Gasteiger partial charge in [-0.25, -0.2) is 13.1 Å². The predicted octanol–water partition coefficient (Wildman–Crippen LogP) is 0.786. The number of sulfonamides is 1. The van der Waals surface area contributed by atoms with E-state index in [1.54, 1.807) is 25.3 Å². The van der Waals surface area contributed by atoms with Gasteiger partial charge < -0.3 is 19.5 Å². The Labute approximate surface area is 154 Å². The van der Waals surface area contributed by atoms with E-state index in [1.807, 2.05) is 0 Å². The van der Waals surface area contributed by atoms with Crippen molar-refractivity contribution in [3.8, 4) is 5.75 Å². The van der Waals surface area contributed by atoms with Gasteiger partial charge in [0.15, 0.2) is 0 Å². The van der Waals surface area contributed by atoms with Crippen molar-refractivity contribution in [2.24, 2.45) is 0 Å². The lowest BCUT2D eigenvalue weighted by molar-refractivity contribution is -0.116. The van der Waals surface area contributed by atoms with Gasteiger partial charge in [0.25, 0.3) is 0 Å². The second-order valence-corrected chi connectivity index (χ2v) is 7.06. The zero-order valence-corrected chi connectivity index (χ0v) is 16.1. The first-order valence-corrected chi connectivity index (χ1v) is 9.57. The van der Waals surface area contributed by atoms with Crippen molar-refractivity contribution < 1.29 is 27.4 Å². The molecule has 0 aliphatic rings. The standard InChI is InChI=1S/C17H26N2O6S/c1-18-26(21,22)16-13-14(5-7-15(16)24-3)6-8-17(20)19-9-4-10-25-12-11-23-2/h5-8,13,18H,4,9-12H2,1-3H3,(H,19,20)/b8-6+. The average molecular weight is 386 g/mol. The normalized spacial score (nSPS) is 11.7. The lowest BCUT2D eigenvalue weighted by Gasteiger charge is -2.09. The molecule has 0 atom stereocenters. The molecule has 0 fully saturated rings. The van der Waals surface area contributed by atoms with Gasteiger partial charge in [-0.05, 0) is 37.2 Å². The summed E-state index contributed by atoms with van der Waals surface area (Å²) < 4.78 is 41.5. The Morgan fingerprint density at radius 1 is 1.19 bits per heavy atom. The van der Waals surface area contributed by atoms with Crippen molar-refractivity contribution in [3.05, 3.63) is 29.8 Å². The highest BCUT2D eigenvalue weighted by Crippen LogP contribution is 2.25. The maximum Gasteiger partial charge on any atom is 0.244 e. The summed E-state index contributed by atoms with van der Waals surface area (Å²) in [4.78, 5) is 11.8. The third-order valence-electron chi connectivity index (χ3n) is 3.37. The number of carbonyl (C=O) groups is 1. The molecule has 26 heavy (non-hydrogen) atoms. The number of hydrogen-bond acceptors (Lipinski definition) is 6. The van der Waals surface area contributed by atoms with Crippen molar-refractivity contribution in [2.45, 2.75) is 11.3 Å². The van der Waals surface area contributed by atoms with Crippen molar-refractivity contribution >= 4 is 22.0 Å². The molecule has 0 saturated heterocycles.